The zero-order chi connectivity index (χ0) is 13.1. The highest BCUT2D eigenvalue weighted by Crippen LogP contribution is 2.22. The van der Waals surface area contributed by atoms with Gasteiger partial charge >= 0.3 is 0 Å². The van der Waals surface area contributed by atoms with E-state index in [1.54, 1.807) is 6.20 Å². The Hall–Kier alpha value is -2.17. The highest BCUT2D eigenvalue weighted by molar-refractivity contribution is 5.61. The van der Waals surface area contributed by atoms with Gasteiger partial charge < -0.3 is 16.3 Å². The van der Waals surface area contributed by atoms with Crippen LogP contribution < -0.4 is 16.3 Å². The first kappa shape index (κ1) is 12.3. The Morgan fingerprint density at radius 3 is 2.44 bits per heavy atom. The SMILES string of the molecule is CC(C)COc1ccc(-c2cn(N)c(N)n2)cc1. The molecule has 1 heterocycles. The Morgan fingerprint density at radius 1 is 1.28 bits per heavy atom. The van der Waals surface area contributed by atoms with E-state index >= 15 is 0 Å². The van der Waals surface area contributed by atoms with Crippen LogP contribution in [-0.2, 0) is 0 Å². The van der Waals surface area contributed by atoms with Crippen LogP contribution in [0.3, 0.4) is 0 Å². The van der Waals surface area contributed by atoms with Crippen LogP contribution in [0.25, 0.3) is 11.3 Å². The zero-order valence-corrected chi connectivity index (χ0v) is 10.6. The van der Waals surface area contributed by atoms with Gasteiger partial charge in [-0.2, -0.15) is 0 Å². The van der Waals surface area contributed by atoms with E-state index in [-0.39, 0.29) is 0 Å². The highest BCUT2D eigenvalue weighted by Gasteiger charge is 2.05. The summed E-state index contributed by atoms with van der Waals surface area (Å²) in [5.74, 6) is 7.26. The third kappa shape index (κ3) is 2.74. The number of rotatable bonds is 4. The largest absolute Gasteiger partial charge is 0.493 e. The number of imidazole rings is 1. The molecule has 2 rings (SSSR count). The highest BCUT2D eigenvalue weighted by atomic mass is 16.5. The molecule has 96 valence electrons. The summed E-state index contributed by atoms with van der Waals surface area (Å²) in [6, 6.07) is 7.72. The van der Waals surface area contributed by atoms with Crippen molar-refractivity contribution < 1.29 is 4.74 Å². The minimum absolute atomic E-state index is 0.296. The molecular weight excluding hydrogens is 228 g/mol. The van der Waals surface area contributed by atoms with Crippen molar-refractivity contribution in [2.75, 3.05) is 18.2 Å². The van der Waals surface area contributed by atoms with Gasteiger partial charge in [0.2, 0.25) is 5.95 Å². The van der Waals surface area contributed by atoms with Gasteiger partial charge in [0.15, 0.2) is 0 Å². The molecule has 5 heteroatoms. The fraction of sp³-hybridized carbons (Fsp3) is 0.308. The van der Waals surface area contributed by atoms with Gasteiger partial charge in [-0.25, -0.2) is 9.66 Å². The van der Waals surface area contributed by atoms with Crippen LogP contribution >= 0.6 is 0 Å². The maximum Gasteiger partial charge on any atom is 0.219 e. The summed E-state index contributed by atoms with van der Waals surface area (Å²) in [5.41, 5.74) is 7.31. The minimum atomic E-state index is 0.296. The van der Waals surface area contributed by atoms with E-state index in [9.17, 15) is 0 Å². The first-order valence-corrected chi connectivity index (χ1v) is 5.89. The van der Waals surface area contributed by atoms with Crippen molar-refractivity contribution in [3.8, 4) is 17.0 Å². The van der Waals surface area contributed by atoms with E-state index < -0.39 is 0 Å². The van der Waals surface area contributed by atoms with Gasteiger partial charge in [0.25, 0.3) is 0 Å². The molecule has 0 saturated carbocycles. The van der Waals surface area contributed by atoms with Crippen LogP contribution in [0.1, 0.15) is 13.8 Å². The Bertz CT molecular complexity index is 497. The maximum atomic E-state index is 5.61. The third-order valence-electron chi connectivity index (χ3n) is 2.49. The van der Waals surface area contributed by atoms with E-state index in [2.05, 4.69) is 18.8 Å². The van der Waals surface area contributed by atoms with E-state index in [1.807, 2.05) is 24.3 Å². The Kier molecular flexibility index (Phi) is 3.41. The zero-order valence-electron chi connectivity index (χ0n) is 10.6. The number of nitrogens with two attached hydrogens (primary N) is 2. The molecule has 0 aliphatic heterocycles. The third-order valence-corrected chi connectivity index (χ3v) is 2.49. The van der Waals surface area contributed by atoms with Crippen LogP contribution in [0.4, 0.5) is 5.95 Å². The number of aromatic nitrogens is 2. The van der Waals surface area contributed by atoms with Gasteiger partial charge in [-0.1, -0.05) is 13.8 Å². The molecule has 0 fully saturated rings. The van der Waals surface area contributed by atoms with E-state index in [0.29, 0.717) is 18.5 Å². The number of ether oxygens (including phenoxy) is 1. The topological polar surface area (TPSA) is 79.1 Å². The first-order chi connectivity index (χ1) is 8.56. The lowest BCUT2D eigenvalue weighted by atomic mass is 10.1. The van der Waals surface area contributed by atoms with Gasteiger partial charge in [0, 0.05) is 5.56 Å². The molecule has 1 aromatic carbocycles. The summed E-state index contributed by atoms with van der Waals surface area (Å²) in [6.07, 6.45) is 1.69. The van der Waals surface area contributed by atoms with Crippen LogP contribution in [-0.4, -0.2) is 16.3 Å². The molecule has 0 spiro atoms. The first-order valence-electron chi connectivity index (χ1n) is 5.89. The maximum absolute atomic E-state index is 5.61. The van der Waals surface area contributed by atoms with Crippen molar-refractivity contribution in [2.45, 2.75) is 13.8 Å². The molecule has 0 amide bonds. The fourth-order valence-corrected chi connectivity index (χ4v) is 1.53. The second kappa shape index (κ2) is 5.00. The van der Waals surface area contributed by atoms with Crippen LogP contribution in [0.15, 0.2) is 30.5 Å². The van der Waals surface area contributed by atoms with Gasteiger partial charge in [0.05, 0.1) is 18.5 Å². The second-order valence-electron chi connectivity index (χ2n) is 4.62. The molecule has 2 aromatic rings. The second-order valence-corrected chi connectivity index (χ2v) is 4.62. The van der Waals surface area contributed by atoms with Gasteiger partial charge in [-0.05, 0) is 30.2 Å². The lowest BCUT2D eigenvalue weighted by molar-refractivity contribution is 0.271. The summed E-state index contributed by atoms with van der Waals surface area (Å²) >= 11 is 0. The molecule has 0 saturated heterocycles. The average molecular weight is 246 g/mol. The summed E-state index contributed by atoms with van der Waals surface area (Å²) in [5, 5.41) is 0. The molecule has 0 unspecified atom stereocenters. The molecule has 0 aliphatic rings. The van der Waals surface area contributed by atoms with E-state index in [1.165, 1.54) is 4.68 Å². The van der Waals surface area contributed by atoms with Crippen LogP contribution in [0.2, 0.25) is 0 Å². The van der Waals surface area contributed by atoms with Gasteiger partial charge in [0.1, 0.15) is 5.75 Å². The molecule has 18 heavy (non-hydrogen) atoms. The number of nitrogen functional groups attached to an aromatic ring is 2. The molecule has 4 N–H and O–H groups in total. The molecule has 0 atom stereocenters. The van der Waals surface area contributed by atoms with Gasteiger partial charge in [-0.15, -0.1) is 0 Å². The standard InChI is InChI=1S/C13H18N4O/c1-9(2)8-18-11-5-3-10(4-6-11)12-7-17(15)13(14)16-12/h3-7,9H,8,15H2,1-2H3,(H2,14,16). The Morgan fingerprint density at radius 2 is 1.94 bits per heavy atom. The molecular formula is C13H18N4O. The van der Waals surface area contributed by atoms with E-state index in [0.717, 1.165) is 17.0 Å². The monoisotopic (exact) mass is 246 g/mol. The summed E-state index contributed by atoms with van der Waals surface area (Å²) in [4.78, 5) is 4.16. The predicted octanol–water partition coefficient (Wildman–Crippen LogP) is 1.88. The molecule has 5 nitrogen and oxygen atoms in total. The van der Waals surface area contributed by atoms with Crippen molar-refractivity contribution in [3.05, 3.63) is 30.5 Å². The van der Waals surface area contributed by atoms with Crippen molar-refractivity contribution in [1.29, 1.82) is 0 Å². The van der Waals surface area contributed by atoms with Crippen LogP contribution in [0, 0.1) is 5.92 Å². The number of benzene rings is 1. The minimum Gasteiger partial charge on any atom is -0.493 e. The lowest BCUT2D eigenvalue weighted by Gasteiger charge is -2.08. The number of hydrogen-bond acceptors (Lipinski definition) is 4. The molecule has 0 bridgehead atoms. The summed E-state index contributed by atoms with van der Waals surface area (Å²) < 4.78 is 6.92. The molecule has 0 aliphatic carbocycles. The summed E-state index contributed by atoms with van der Waals surface area (Å²) in [7, 11) is 0. The Labute approximate surface area is 106 Å². The van der Waals surface area contributed by atoms with Crippen LogP contribution in [0.5, 0.6) is 5.75 Å². The number of anilines is 1. The lowest BCUT2D eigenvalue weighted by Crippen LogP contribution is -2.09. The van der Waals surface area contributed by atoms with Crippen molar-refractivity contribution in [2.24, 2.45) is 5.92 Å². The molecule has 0 radical (unpaired) electrons. The fourth-order valence-electron chi connectivity index (χ4n) is 1.53. The molecule has 1 aromatic heterocycles. The van der Waals surface area contributed by atoms with Gasteiger partial charge in [-0.3, -0.25) is 0 Å². The predicted molar refractivity (Wildman–Crippen MR) is 72.6 cm³/mol. The average Bonchev–Trinajstić information content (AvgIpc) is 2.68. The summed E-state index contributed by atoms with van der Waals surface area (Å²) in [6.45, 7) is 4.94. The Balaban J connectivity index is 2.12. The van der Waals surface area contributed by atoms with E-state index in [4.69, 9.17) is 16.3 Å². The normalized spacial score (nSPS) is 10.8. The quantitative estimate of drug-likeness (QED) is 0.807. The number of hydrogen-bond donors (Lipinski definition) is 2. The number of nitrogens with zero attached hydrogens (tertiary/aromatic N) is 2. The smallest absolute Gasteiger partial charge is 0.219 e. The van der Waals surface area contributed by atoms with Crippen molar-refractivity contribution >= 4 is 5.95 Å². The van der Waals surface area contributed by atoms with Crippen molar-refractivity contribution in [1.82, 2.24) is 9.66 Å². The van der Waals surface area contributed by atoms with Crippen molar-refractivity contribution in [3.63, 3.8) is 0 Å².